The predicted octanol–water partition coefficient (Wildman–Crippen LogP) is 3.43. The highest BCUT2D eigenvalue weighted by molar-refractivity contribution is 7.92. The zero-order chi connectivity index (χ0) is 17.9. The standard InChI is InChI=1S/C18H24N4O2S/c1-14-9-11-22(12-10-14)17-6-3-15(4-7-17)20-16-5-8-18(19-13-16)21-25(2,23)24/h3-8,13-14,20H,9-12H2,1-2H3,(H,19,21). The second kappa shape index (κ2) is 7.31. The third-order valence-electron chi connectivity index (χ3n) is 4.36. The number of nitrogens with zero attached hydrogens (tertiary/aromatic N) is 2. The number of pyridine rings is 1. The number of benzene rings is 1. The van der Waals surface area contributed by atoms with E-state index < -0.39 is 10.0 Å². The number of piperidine rings is 1. The molecule has 1 aliphatic heterocycles. The molecule has 1 saturated heterocycles. The minimum absolute atomic E-state index is 0.308. The summed E-state index contributed by atoms with van der Waals surface area (Å²) in [5, 5.41) is 3.27. The molecule has 1 aromatic carbocycles. The van der Waals surface area contributed by atoms with Crippen molar-refractivity contribution in [2.75, 3.05) is 34.3 Å². The van der Waals surface area contributed by atoms with Gasteiger partial charge in [-0.1, -0.05) is 6.92 Å². The van der Waals surface area contributed by atoms with Gasteiger partial charge in [0.1, 0.15) is 5.82 Å². The van der Waals surface area contributed by atoms with Gasteiger partial charge in [-0.2, -0.15) is 0 Å². The van der Waals surface area contributed by atoms with Crippen LogP contribution in [0.15, 0.2) is 42.6 Å². The molecule has 0 atom stereocenters. The van der Waals surface area contributed by atoms with Gasteiger partial charge < -0.3 is 10.2 Å². The first-order chi connectivity index (χ1) is 11.9. The highest BCUT2D eigenvalue weighted by Crippen LogP contribution is 2.25. The molecule has 2 aromatic rings. The molecular weight excluding hydrogens is 336 g/mol. The maximum atomic E-state index is 11.2. The lowest BCUT2D eigenvalue weighted by Crippen LogP contribution is -2.32. The fourth-order valence-electron chi connectivity index (χ4n) is 2.91. The molecule has 0 amide bonds. The molecule has 1 aliphatic rings. The molecule has 25 heavy (non-hydrogen) atoms. The number of sulfonamides is 1. The van der Waals surface area contributed by atoms with Crippen molar-refractivity contribution in [3.63, 3.8) is 0 Å². The Bertz CT molecular complexity index is 796. The molecule has 0 saturated carbocycles. The van der Waals surface area contributed by atoms with E-state index in [-0.39, 0.29) is 0 Å². The summed E-state index contributed by atoms with van der Waals surface area (Å²) < 4.78 is 24.7. The van der Waals surface area contributed by atoms with Gasteiger partial charge in [-0.05, 0) is 55.2 Å². The third-order valence-corrected chi connectivity index (χ3v) is 4.94. The van der Waals surface area contributed by atoms with Gasteiger partial charge in [0.2, 0.25) is 10.0 Å². The lowest BCUT2D eigenvalue weighted by Gasteiger charge is -2.32. The summed E-state index contributed by atoms with van der Waals surface area (Å²) >= 11 is 0. The normalized spacial score (nSPS) is 15.8. The molecule has 0 spiro atoms. The van der Waals surface area contributed by atoms with E-state index in [4.69, 9.17) is 0 Å². The van der Waals surface area contributed by atoms with Crippen LogP contribution in [0.4, 0.5) is 22.9 Å². The van der Waals surface area contributed by atoms with Crippen LogP contribution in [0.5, 0.6) is 0 Å². The van der Waals surface area contributed by atoms with Crippen molar-refractivity contribution in [2.45, 2.75) is 19.8 Å². The topological polar surface area (TPSA) is 74.3 Å². The molecule has 7 heteroatoms. The maximum Gasteiger partial charge on any atom is 0.230 e. The summed E-state index contributed by atoms with van der Waals surface area (Å²) in [6, 6.07) is 11.8. The Morgan fingerprint density at radius 1 is 1.04 bits per heavy atom. The van der Waals surface area contributed by atoms with Gasteiger partial charge in [0.05, 0.1) is 18.1 Å². The number of anilines is 4. The molecule has 1 aromatic heterocycles. The van der Waals surface area contributed by atoms with Crippen molar-refractivity contribution < 1.29 is 8.42 Å². The number of rotatable bonds is 5. The molecule has 2 N–H and O–H groups in total. The Morgan fingerprint density at radius 2 is 1.68 bits per heavy atom. The van der Waals surface area contributed by atoms with Crippen LogP contribution >= 0.6 is 0 Å². The van der Waals surface area contributed by atoms with E-state index in [1.165, 1.54) is 18.5 Å². The summed E-state index contributed by atoms with van der Waals surface area (Å²) in [6.45, 7) is 4.55. The van der Waals surface area contributed by atoms with Crippen LogP contribution in [0.2, 0.25) is 0 Å². The Morgan fingerprint density at radius 3 is 2.24 bits per heavy atom. The summed E-state index contributed by atoms with van der Waals surface area (Å²) in [5.74, 6) is 1.13. The van der Waals surface area contributed by atoms with Crippen molar-refractivity contribution in [1.29, 1.82) is 0 Å². The molecule has 1 fully saturated rings. The zero-order valence-electron chi connectivity index (χ0n) is 14.6. The van der Waals surface area contributed by atoms with E-state index in [0.29, 0.717) is 5.82 Å². The predicted molar refractivity (Wildman–Crippen MR) is 103 cm³/mol. The Labute approximate surface area is 149 Å². The van der Waals surface area contributed by atoms with Gasteiger partial charge in [0, 0.05) is 24.5 Å². The second-order valence-corrected chi connectivity index (χ2v) is 8.40. The minimum atomic E-state index is -3.31. The molecule has 6 nitrogen and oxygen atoms in total. The number of hydrogen-bond donors (Lipinski definition) is 2. The molecule has 0 aliphatic carbocycles. The van der Waals surface area contributed by atoms with Crippen LogP contribution < -0.4 is 14.9 Å². The first-order valence-electron chi connectivity index (χ1n) is 8.45. The van der Waals surface area contributed by atoms with Crippen molar-refractivity contribution in [1.82, 2.24) is 4.98 Å². The molecule has 0 bridgehead atoms. The molecule has 0 unspecified atom stereocenters. The highest BCUT2D eigenvalue weighted by Gasteiger charge is 2.15. The lowest BCUT2D eigenvalue weighted by atomic mass is 9.99. The first kappa shape index (κ1) is 17.5. The number of nitrogens with one attached hydrogen (secondary N) is 2. The van der Waals surface area contributed by atoms with Gasteiger partial charge >= 0.3 is 0 Å². The van der Waals surface area contributed by atoms with Crippen LogP contribution in [-0.2, 0) is 10.0 Å². The SMILES string of the molecule is CC1CCN(c2ccc(Nc3ccc(NS(C)(=O)=O)nc3)cc2)CC1. The van der Waals surface area contributed by atoms with Crippen LogP contribution in [0, 0.1) is 5.92 Å². The van der Waals surface area contributed by atoms with Crippen molar-refractivity contribution in [3.05, 3.63) is 42.6 Å². The second-order valence-electron chi connectivity index (χ2n) is 6.65. The lowest BCUT2D eigenvalue weighted by molar-refractivity contribution is 0.438. The zero-order valence-corrected chi connectivity index (χ0v) is 15.4. The van der Waals surface area contributed by atoms with E-state index >= 15 is 0 Å². The minimum Gasteiger partial charge on any atom is -0.372 e. The Balaban J connectivity index is 1.61. The smallest absolute Gasteiger partial charge is 0.230 e. The quantitative estimate of drug-likeness (QED) is 0.854. The van der Waals surface area contributed by atoms with E-state index in [1.807, 2.05) is 0 Å². The Hall–Kier alpha value is -2.28. The fraction of sp³-hybridized carbons (Fsp3) is 0.389. The molecule has 134 valence electrons. The van der Waals surface area contributed by atoms with E-state index in [2.05, 4.69) is 51.1 Å². The summed E-state index contributed by atoms with van der Waals surface area (Å²) in [6.07, 6.45) is 5.21. The van der Waals surface area contributed by atoms with Gasteiger partial charge in [-0.3, -0.25) is 4.72 Å². The van der Waals surface area contributed by atoms with Gasteiger partial charge in [0.15, 0.2) is 0 Å². The van der Waals surface area contributed by atoms with Crippen LogP contribution in [0.1, 0.15) is 19.8 Å². The molecule has 3 rings (SSSR count). The maximum absolute atomic E-state index is 11.2. The average molecular weight is 360 g/mol. The van der Waals surface area contributed by atoms with Crippen LogP contribution in [0.3, 0.4) is 0 Å². The van der Waals surface area contributed by atoms with Crippen molar-refractivity contribution >= 4 is 32.9 Å². The van der Waals surface area contributed by atoms with Gasteiger partial charge in [-0.25, -0.2) is 13.4 Å². The summed E-state index contributed by atoms with van der Waals surface area (Å²) in [5.41, 5.74) is 3.03. The van der Waals surface area contributed by atoms with Crippen molar-refractivity contribution in [3.8, 4) is 0 Å². The summed E-state index contributed by atoms with van der Waals surface area (Å²) in [4.78, 5) is 6.52. The van der Waals surface area contributed by atoms with Crippen LogP contribution in [-0.4, -0.2) is 32.7 Å². The fourth-order valence-corrected chi connectivity index (χ4v) is 3.41. The van der Waals surface area contributed by atoms with Crippen molar-refractivity contribution in [2.24, 2.45) is 5.92 Å². The molecule has 0 radical (unpaired) electrons. The first-order valence-corrected chi connectivity index (χ1v) is 10.3. The molecular formula is C18H24N4O2S. The largest absolute Gasteiger partial charge is 0.372 e. The highest BCUT2D eigenvalue weighted by atomic mass is 32.2. The van der Waals surface area contributed by atoms with Gasteiger partial charge in [-0.15, -0.1) is 0 Å². The monoisotopic (exact) mass is 360 g/mol. The van der Waals surface area contributed by atoms with Crippen LogP contribution in [0.25, 0.3) is 0 Å². The van der Waals surface area contributed by atoms with Gasteiger partial charge in [0.25, 0.3) is 0 Å². The third kappa shape index (κ3) is 5.09. The average Bonchev–Trinajstić information content (AvgIpc) is 2.57. The number of aromatic nitrogens is 1. The van der Waals surface area contributed by atoms with E-state index in [1.54, 1.807) is 18.3 Å². The molecule has 2 heterocycles. The summed E-state index contributed by atoms with van der Waals surface area (Å²) in [7, 11) is -3.31. The Kier molecular flexibility index (Phi) is 5.13. The van der Waals surface area contributed by atoms with E-state index in [9.17, 15) is 8.42 Å². The number of hydrogen-bond acceptors (Lipinski definition) is 5. The van der Waals surface area contributed by atoms with E-state index in [0.717, 1.165) is 36.6 Å².